The number of aliphatic hydroxyl groups is 1. The summed E-state index contributed by atoms with van der Waals surface area (Å²) in [7, 11) is 0. The lowest BCUT2D eigenvalue weighted by atomic mass is 9.93. The van der Waals surface area contributed by atoms with Crippen LogP contribution in [-0.4, -0.2) is 29.9 Å². The van der Waals surface area contributed by atoms with E-state index in [1.165, 1.54) is 16.3 Å². The Balaban J connectivity index is 1.49. The molecule has 0 amide bonds. The van der Waals surface area contributed by atoms with Gasteiger partial charge in [-0.05, 0) is 55.2 Å². The van der Waals surface area contributed by atoms with Gasteiger partial charge in [-0.15, -0.1) is 0 Å². The molecular formula is C25H30ClNO2. The Bertz CT molecular complexity index is 941. The van der Waals surface area contributed by atoms with Crippen molar-refractivity contribution in [2.75, 3.05) is 13.2 Å². The molecule has 0 spiro atoms. The molecule has 0 fully saturated rings. The van der Waals surface area contributed by atoms with Crippen LogP contribution in [0.5, 0.6) is 0 Å². The zero-order valence-electron chi connectivity index (χ0n) is 17.4. The zero-order valence-corrected chi connectivity index (χ0v) is 18.1. The predicted molar refractivity (Wildman–Crippen MR) is 122 cm³/mol. The number of aliphatic hydroxyl groups excluding tert-OH is 1. The van der Waals surface area contributed by atoms with Crippen molar-refractivity contribution < 1.29 is 9.84 Å². The Kier molecular flexibility index (Phi) is 7.31. The van der Waals surface area contributed by atoms with Crippen LogP contribution in [0, 0.1) is 0 Å². The number of nitrogens with one attached hydrogen (secondary N) is 1. The Morgan fingerprint density at radius 1 is 1.00 bits per heavy atom. The maximum absolute atomic E-state index is 10.4. The number of fused-ring (bicyclic) bond motifs is 1. The molecule has 0 aliphatic carbocycles. The standard InChI is InChI=1S/C25H30ClNO2/c1-18(23-10-6-7-11-24(23)26)29-17-22(28)16-27-25(2,3)15-19-12-13-20-8-4-5-9-21(20)14-19/h4-14,18,22,27-28H,15-17H2,1-3H3. The molecule has 0 aromatic heterocycles. The highest BCUT2D eigenvalue weighted by molar-refractivity contribution is 6.31. The normalized spacial score (nSPS) is 14.1. The van der Waals surface area contributed by atoms with E-state index < -0.39 is 6.10 Å². The maximum atomic E-state index is 10.4. The number of ether oxygens (including phenoxy) is 1. The van der Waals surface area contributed by atoms with Crippen molar-refractivity contribution in [3.05, 3.63) is 82.9 Å². The smallest absolute Gasteiger partial charge is 0.0898 e. The first kappa shape index (κ1) is 21.8. The Morgan fingerprint density at radius 2 is 1.69 bits per heavy atom. The summed E-state index contributed by atoms with van der Waals surface area (Å²) in [6, 6.07) is 22.6. The molecule has 3 nitrogen and oxygen atoms in total. The average Bonchev–Trinajstić information content (AvgIpc) is 2.70. The van der Waals surface area contributed by atoms with Crippen molar-refractivity contribution in [2.24, 2.45) is 0 Å². The summed E-state index contributed by atoms with van der Waals surface area (Å²) in [5, 5.41) is 17.0. The number of hydrogen-bond acceptors (Lipinski definition) is 3. The molecule has 0 aliphatic rings. The lowest BCUT2D eigenvalue weighted by molar-refractivity contribution is -0.00413. The average molecular weight is 412 g/mol. The highest BCUT2D eigenvalue weighted by atomic mass is 35.5. The molecule has 0 saturated carbocycles. The summed E-state index contributed by atoms with van der Waals surface area (Å²) in [5.41, 5.74) is 2.07. The van der Waals surface area contributed by atoms with Crippen LogP contribution in [0.1, 0.15) is 38.0 Å². The van der Waals surface area contributed by atoms with Crippen LogP contribution in [0.25, 0.3) is 10.8 Å². The molecule has 3 rings (SSSR count). The Labute approximate surface area is 178 Å². The molecule has 0 aliphatic heterocycles. The molecular weight excluding hydrogens is 382 g/mol. The molecule has 0 heterocycles. The third-order valence-electron chi connectivity index (χ3n) is 5.16. The fourth-order valence-corrected chi connectivity index (χ4v) is 3.81. The van der Waals surface area contributed by atoms with Crippen molar-refractivity contribution in [1.82, 2.24) is 5.32 Å². The largest absolute Gasteiger partial charge is 0.389 e. The van der Waals surface area contributed by atoms with Crippen LogP contribution in [0.3, 0.4) is 0 Å². The van der Waals surface area contributed by atoms with Gasteiger partial charge in [0, 0.05) is 17.1 Å². The molecule has 0 radical (unpaired) electrons. The summed E-state index contributed by atoms with van der Waals surface area (Å²) in [5.74, 6) is 0. The van der Waals surface area contributed by atoms with Gasteiger partial charge in [0.05, 0.1) is 18.8 Å². The molecule has 154 valence electrons. The SMILES string of the molecule is CC(OCC(O)CNC(C)(C)Cc1ccc2ccccc2c1)c1ccccc1Cl. The first-order chi connectivity index (χ1) is 13.8. The summed E-state index contributed by atoms with van der Waals surface area (Å²) in [4.78, 5) is 0. The third kappa shape index (κ3) is 6.28. The van der Waals surface area contributed by atoms with Gasteiger partial charge in [-0.2, -0.15) is 0 Å². The zero-order chi connectivity index (χ0) is 20.9. The van der Waals surface area contributed by atoms with Crippen LogP contribution in [0.4, 0.5) is 0 Å². The minimum Gasteiger partial charge on any atom is -0.389 e. The van der Waals surface area contributed by atoms with E-state index in [4.69, 9.17) is 16.3 Å². The minimum atomic E-state index is -0.587. The number of halogens is 1. The van der Waals surface area contributed by atoms with Crippen LogP contribution in [-0.2, 0) is 11.2 Å². The van der Waals surface area contributed by atoms with Crippen LogP contribution in [0.2, 0.25) is 5.02 Å². The highest BCUT2D eigenvalue weighted by Crippen LogP contribution is 2.25. The Morgan fingerprint density at radius 3 is 2.45 bits per heavy atom. The fourth-order valence-electron chi connectivity index (χ4n) is 3.52. The third-order valence-corrected chi connectivity index (χ3v) is 5.50. The van der Waals surface area contributed by atoms with E-state index in [0.29, 0.717) is 11.6 Å². The van der Waals surface area contributed by atoms with Gasteiger partial charge in [0.15, 0.2) is 0 Å². The molecule has 3 aromatic carbocycles. The summed E-state index contributed by atoms with van der Waals surface area (Å²) >= 11 is 6.21. The monoisotopic (exact) mass is 411 g/mol. The molecule has 0 saturated heterocycles. The number of hydrogen-bond donors (Lipinski definition) is 2. The molecule has 3 aromatic rings. The van der Waals surface area contributed by atoms with Crippen molar-refractivity contribution in [3.63, 3.8) is 0 Å². The second kappa shape index (κ2) is 9.73. The van der Waals surface area contributed by atoms with E-state index in [-0.39, 0.29) is 18.2 Å². The van der Waals surface area contributed by atoms with E-state index in [1.54, 1.807) is 0 Å². The Hall–Kier alpha value is -1.91. The first-order valence-electron chi connectivity index (χ1n) is 10.1. The van der Waals surface area contributed by atoms with Gasteiger partial charge >= 0.3 is 0 Å². The van der Waals surface area contributed by atoms with E-state index in [0.717, 1.165) is 12.0 Å². The van der Waals surface area contributed by atoms with Gasteiger partial charge in [0.1, 0.15) is 0 Å². The van der Waals surface area contributed by atoms with E-state index in [1.807, 2.05) is 31.2 Å². The van der Waals surface area contributed by atoms with Crippen molar-refractivity contribution in [2.45, 2.75) is 44.9 Å². The fraction of sp³-hybridized carbons (Fsp3) is 0.360. The van der Waals surface area contributed by atoms with Gasteiger partial charge in [-0.25, -0.2) is 0 Å². The lowest BCUT2D eigenvalue weighted by Crippen LogP contribution is -2.46. The summed E-state index contributed by atoms with van der Waals surface area (Å²) in [6.45, 7) is 6.98. The topological polar surface area (TPSA) is 41.5 Å². The second-order valence-electron chi connectivity index (χ2n) is 8.27. The van der Waals surface area contributed by atoms with Crippen LogP contribution < -0.4 is 5.32 Å². The lowest BCUT2D eigenvalue weighted by Gasteiger charge is -2.28. The van der Waals surface area contributed by atoms with Gasteiger partial charge in [-0.1, -0.05) is 72.3 Å². The van der Waals surface area contributed by atoms with Crippen molar-refractivity contribution in [1.29, 1.82) is 0 Å². The molecule has 2 N–H and O–H groups in total. The van der Waals surface area contributed by atoms with E-state index in [2.05, 4.69) is 61.6 Å². The predicted octanol–water partition coefficient (Wildman–Crippen LogP) is 5.54. The van der Waals surface area contributed by atoms with Gasteiger partial charge in [0.2, 0.25) is 0 Å². The van der Waals surface area contributed by atoms with Crippen molar-refractivity contribution >= 4 is 22.4 Å². The highest BCUT2D eigenvalue weighted by Gasteiger charge is 2.20. The number of rotatable bonds is 9. The number of benzene rings is 3. The number of β-amino-alcohol motifs (C(OH)–C–C–N with tert-alkyl or cyclic N) is 1. The minimum absolute atomic E-state index is 0.141. The molecule has 29 heavy (non-hydrogen) atoms. The molecule has 4 heteroatoms. The van der Waals surface area contributed by atoms with E-state index >= 15 is 0 Å². The van der Waals surface area contributed by atoms with Crippen molar-refractivity contribution in [3.8, 4) is 0 Å². The van der Waals surface area contributed by atoms with E-state index in [9.17, 15) is 5.11 Å². The van der Waals surface area contributed by atoms with Gasteiger partial charge in [0.25, 0.3) is 0 Å². The summed E-state index contributed by atoms with van der Waals surface area (Å²) in [6.07, 6.45) is 0.126. The maximum Gasteiger partial charge on any atom is 0.0898 e. The second-order valence-corrected chi connectivity index (χ2v) is 8.68. The first-order valence-corrected chi connectivity index (χ1v) is 10.5. The molecule has 2 unspecified atom stereocenters. The van der Waals surface area contributed by atoms with Crippen LogP contribution >= 0.6 is 11.6 Å². The summed E-state index contributed by atoms with van der Waals surface area (Å²) < 4.78 is 5.83. The van der Waals surface area contributed by atoms with Gasteiger partial charge in [-0.3, -0.25) is 0 Å². The molecule has 2 atom stereocenters. The molecule has 0 bridgehead atoms. The van der Waals surface area contributed by atoms with Crippen LogP contribution in [0.15, 0.2) is 66.7 Å². The quantitative estimate of drug-likeness (QED) is 0.485. The van der Waals surface area contributed by atoms with Gasteiger partial charge < -0.3 is 15.2 Å².